The molecule has 1 aromatic heterocycles. The number of imide groups is 1. The molecule has 3 heterocycles. The monoisotopic (exact) mass is 634 g/mol. The van der Waals surface area contributed by atoms with E-state index in [2.05, 4.69) is 25.1 Å². The molecule has 2 aliphatic rings. The van der Waals surface area contributed by atoms with Crippen molar-refractivity contribution in [1.82, 2.24) is 15.2 Å². The van der Waals surface area contributed by atoms with Gasteiger partial charge in [-0.3, -0.25) is 14.9 Å². The highest BCUT2D eigenvalue weighted by Crippen LogP contribution is 2.42. The summed E-state index contributed by atoms with van der Waals surface area (Å²) in [5.74, 6) is -3.71. The summed E-state index contributed by atoms with van der Waals surface area (Å²) in [6.45, 7) is 7.77. The number of nitrogens with one attached hydrogen (secondary N) is 2. The second kappa shape index (κ2) is 13.3. The van der Waals surface area contributed by atoms with Gasteiger partial charge in [0.2, 0.25) is 12.2 Å². The molecule has 0 saturated carbocycles. The Morgan fingerprint density at radius 3 is 2.44 bits per heavy atom. The molecule has 242 valence electrons. The number of ether oxygens (including phenoxy) is 5. The van der Waals surface area contributed by atoms with Crippen molar-refractivity contribution in [3.63, 3.8) is 0 Å². The molecule has 0 spiro atoms. The maximum atomic E-state index is 13.4. The number of rotatable bonds is 10. The number of pyridine rings is 1. The number of alkyl halides is 2. The lowest BCUT2D eigenvalue weighted by atomic mass is 9.82. The number of fused-ring (bicyclic) bond motifs is 1. The highest BCUT2D eigenvalue weighted by atomic mass is 19.3. The average Bonchev–Trinajstić information content (AvgIpc) is 3.27. The number of benzene rings is 1. The summed E-state index contributed by atoms with van der Waals surface area (Å²) >= 11 is 0. The van der Waals surface area contributed by atoms with Crippen LogP contribution in [0.5, 0.6) is 11.5 Å². The molecular weight excluding hydrogens is 602 g/mol. The minimum Gasteiger partial charge on any atom is -0.464 e. The molecular formula is C29H32F2N4O10. The Labute approximate surface area is 256 Å². The molecule has 1 aromatic carbocycles. The van der Waals surface area contributed by atoms with E-state index in [1.807, 2.05) is 0 Å². The van der Waals surface area contributed by atoms with Gasteiger partial charge in [0.25, 0.3) is 0 Å². The van der Waals surface area contributed by atoms with Crippen molar-refractivity contribution in [3.05, 3.63) is 47.7 Å². The molecule has 4 amide bonds. The van der Waals surface area contributed by atoms with Gasteiger partial charge < -0.3 is 29.0 Å². The predicted octanol–water partition coefficient (Wildman–Crippen LogP) is 3.90. The lowest BCUT2D eigenvalue weighted by Crippen LogP contribution is -2.69. The zero-order chi connectivity index (χ0) is 33.1. The Kier molecular flexibility index (Phi) is 9.73. The standard InChI is InChI=1S/C29H32F2N4O10/c1-6-41-26(38)23-19(11-17-9-10-32-22(12-17)34-28(40)43-16(5)42-25(37)14(2)3)24(36)35(23)27(39)33-15(4)18-7-8-20-21(13-18)45-29(30,31)44-20/h7-10,12-16,19,23H,6,11H2,1-5H3,(H,33,39)(H,32,34,40)/t15-,16?,19-,23+/m1/s1. The van der Waals surface area contributed by atoms with Gasteiger partial charge >= 0.3 is 30.4 Å². The number of hydrogen-bond acceptors (Lipinski definition) is 11. The summed E-state index contributed by atoms with van der Waals surface area (Å²) in [6, 6.07) is 4.07. The molecule has 2 N–H and O–H groups in total. The van der Waals surface area contributed by atoms with E-state index in [0.717, 1.165) is 4.90 Å². The molecule has 1 saturated heterocycles. The molecule has 4 atom stereocenters. The third-order valence-corrected chi connectivity index (χ3v) is 6.76. The van der Waals surface area contributed by atoms with Crippen molar-refractivity contribution in [1.29, 1.82) is 0 Å². The number of halogens is 2. The van der Waals surface area contributed by atoms with E-state index in [4.69, 9.17) is 14.2 Å². The summed E-state index contributed by atoms with van der Waals surface area (Å²) in [7, 11) is 0. The van der Waals surface area contributed by atoms with Crippen molar-refractivity contribution in [2.45, 2.75) is 65.7 Å². The number of anilines is 1. The number of urea groups is 1. The highest BCUT2D eigenvalue weighted by Gasteiger charge is 2.55. The van der Waals surface area contributed by atoms with Gasteiger partial charge in [0.15, 0.2) is 17.5 Å². The number of nitrogens with zero attached hydrogens (tertiary/aromatic N) is 2. The summed E-state index contributed by atoms with van der Waals surface area (Å²) < 4.78 is 50.7. The van der Waals surface area contributed by atoms with Gasteiger partial charge in [-0.15, -0.1) is 8.78 Å². The Bertz CT molecular complexity index is 1490. The van der Waals surface area contributed by atoms with E-state index in [0.29, 0.717) is 11.1 Å². The third kappa shape index (κ3) is 7.74. The van der Waals surface area contributed by atoms with Crippen LogP contribution in [-0.4, -0.2) is 65.1 Å². The fourth-order valence-corrected chi connectivity index (χ4v) is 4.58. The average molecular weight is 635 g/mol. The summed E-state index contributed by atoms with van der Waals surface area (Å²) in [5.41, 5.74) is 0.876. The number of carbonyl (C=O) groups excluding carboxylic acids is 5. The normalized spacial score (nSPS) is 19.2. The van der Waals surface area contributed by atoms with Crippen molar-refractivity contribution in [2.24, 2.45) is 11.8 Å². The van der Waals surface area contributed by atoms with Crippen LogP contribution in [0.4, 0.5) is 24.2 Å². The molecule has 16 heteroatoms. The number of β-lactam (4-membered cyclic amide) rings is 1. The van der Waals surface area contributed by atoms with Gasteiger partial charge in [-0.2, -0.15) is 0 Å². The summed E-state index contributed by atoms with van der Waals surface area (Å²) in [4.78, 5) is 67.9. The lowest BCUT2D eigenvalue weighted by Gasteiger charge is -2.44. The molecule has 45 heavy (non-hydrogen) atoms. The largest absolute Gasteiger partial charge is 0.586 e. The maximum Gasteiger partial charge on any atom is 0.586 e. The molecule has 2 aromatic rings. The zero-order valence-electron chi connectivity index (χ0n) is 25.0. The second-order valence-corrected chi connectivity index (χ2v) is 10.5. The topological polar surface area (TPSA) is 172 Å². The molecule has 0 bridgehead atoms. The summed E-state index contributed by atoms with van der Waals surface area (Å²) in [5, 5.41) is 4.99. The maximum absolute atomic E-state index is 13.4. The zero-order valence-corrected chi connectivity index (χ0v) is 25.0. The van der Waals surface area contributed by atoms with Gasteiger partial charge in [-0.1, -0.05) is 19.9 Å². The first-order valence-electron chi connectivity index (χ1n) is 14.0. The van der Waals surface area contributed by atoms with E-state index in [1.54, 1.807) is 33.8 Å². The SMILES string of the molecule is CCOC(=O)[C@@H]1[C@@H](Cc2ccnc(NC(=O)OC(C)OC(=O)C(C)C)c2)C(=O)N1C(=O)N[C@H](C)c1ccc2c(c1)OC(F)(F)O2. The number of esters is 2. The van der Waals surface area contributed by atoms with E-state index in [-0.39, 0.29) is 30.3 Å². The van der Waals surface area contributed by atoms with Gasteiger partial charge in [0.1, 0.15) is 5.82 Å². The first-order valence-corrected chi connectivity index (χ1v) is 14.0. The van der Waals surface area contributed by atoms with Gasteiger partial charge in [-0.25, -0.2) is 24.3 Å². The quantitative estimate of drug-likeness (QED) is 0.221. The molecule has 4 rings (SSSR count). The second-order valence-electron chi connectivity index (χ2n) is 10.5. The summed E-state index contributed by atoms with van der Waals surface area (Å²) in [6.07, 6.45) is -4.55. The van der Waals surface area contributed by atoms with Crippen LogP contribution in [0.1, 0.15) is 51.8 Å². The first kappa shape index (κ1) is 32.9. The number of hydrogen-bond donors (Lipinski definition) is 2. The minimum absolute atomic E-state index is 0.000273. The van der Waals surface area contributed by atoms with Gasteiger partial charge in [0.05, 0.1) is 24.5 Å². The Morgan fingerprint density at radius 2 is 1.76 bits per heavy atom. The number of amides is 4. The fraction of sp³-hybridized carbons (Fsp3) is 0.448. The van der Waals surface area contributed by atoms with Crippen LogP contribution < -0.4 is 20.1 Å². The predicted molar refractivity (Wildman–Crippen MR) is 149 cm³/mol. The Morgan fingerprint density at radius 1 is 1.04 bits per heavy atom. The van der Waals surface area contributed by atoms with Crippen LogP contribution in [-0.2, 0) is 35.0 Å². The Balaban J connectivity index is 1.40. The van der Waals surface area contributed by atoms with Gasteiger partial charge in [0, 0.05) is 13.1 Å². The molecule has 14 nitrogen and oxygen atoms in total. The fourth-order valence-electron chi connectivity index (χ4n) is 4.58. The molecule has 1 fully saturated rings. The number of likely N-dealkylation sites (tertiary alicyclic amines) is 1. The van der Waals surface area contributed by atoms with Crippen molar-refractivity contribution in [3.8, 4) is 11.5 Å². The minimum atomic E-state index is -3.81. The lowest BCUT2D eigenvalue weighted by molar-refractivity contribution is -0.286. The van der Waals surface area contributed by atoms with Crippen LogP contribution in [0.15, 0.2) is 36.5 Å². The highest BCUT2D eigenvalue weighted by molar-refractivity contribution is 6.08. The van der Waals surface area contributed by atoms with Crippen molar-refractivity contribution >= 4 is 35.8 Å². The molecule has 0 radical (unpaired) electrons. The number of carbonyl (C=O) groups is 5. The van der Waals surface area contributed by atoms with Crippen molar-refractivity contribution < 1.29 is 56.4 Å². The Hall–Kier alpha value is -5.02. The van der Waals surface area contributed by atoms with Crippen LogP contribution in [0.2, 0.25) is 0 Å². The first-order chi connectivity index (χ1) is 21.2. The van der Waals surface area contributed by atoms with Crippen LogP contribution in [0, 0.1) is 11.8 Å². The van der Waals surface area contributed by atoms with Crippen LogP contribution >= 0.6 is 0 Å². The van der Waals surface area contributed by atoms with Gasteiger partial charge in [-0.05, 0) is 55.7 Å². The smallest absolute Gasteiger partial charge is 0.464 e. The third-order valence-electron chi connectivity index (χ3n) is 6.76. The van der Waals surface area contributed by atoms with Crippen LogP contribution in [0.3, 0.4) is 0 Å². The van der Waals surface area contributed by atoms with E-state index in [9.17, 15) is 32.8 Å². The number of aromatic nitrogens is 1. The van der Waals surface area contributed by atoms with E-state index < -0.39 is 66.5 Å². The van der Waals surface area contributed by atoms with Crippen LogP contribution in [0.25, 0.3) is 0 Å². The molecule has 2 aliphatic heterocycles. The van der Waals surface area contributed by atoms with E-state index >= 15 is 0 Å². The van der Waals surface area contributed by atoms with Crippen molar-refractivity contribution in [2.75, 3.05) is 11.9 Å². The molecule has 0 aliphatic carbocycles. The van der Waals surface area contributed by atoms with E-state index in [1.165, 1.54) is 37.4 Å². The molecule has 1 unspecified atom stereocenters.